The second-order valence-electron chi connectivity index (χ2n) is 11.2. The summed E-state index contributed by atoms with van der Waals surface area (Å²) in [5.41, 5.74) is 3.03. The average molecular weight is 480 g/mol. The molecule has 3 aliphatic rings. The second kappa shape index (κ2) is 9.37. The molecule has 188 valence electrons. The van der Waals surface area contributed by atoms with Crippen LogP contribution in [0.15, 0.2) is 22.6 Å². The summed E-state index contributed by atoms with van der Waals surface area (Å²) < 4.78 is 6.05. The van der Waals surface area contributed by atoms with Gasteiger partial charge in [0.2, 0.25) is 17.7 Å². The van der Waals surface area contributed by atoms with Crippen molar-refractivity contribution in [3.63, 3.8) is 0 Å². The van der Waals surface area contributed by atoms with Crippen LogP contribution in [0.3, 0.4) is 0 Å². The van der Waals surface area contributed by atoms with E-state index in [1.54, 1.807) is 0 Å². The molecule has 1 atom stereocenters. The second-order valence-corrected chi connectivity index (χ2v) is 11.2. The summed E-state index contributed by atoms with van der Waals surface area (Å²) in [4.78, 5) is 30.1. The Morgan fingerprint density at radius 3 is 2.54 bits per heavy atom. The molecule has 3 heterocycles. The van der Waals surface area contributed by atoms with E-state index in [0.29, 0.717) is 24.4 Å². The van der Waals surface area contributed by atoms with Crippen LogP contribution in [-0.2, 0) is 4.79 Å². The van der Waals surface area contributed by atoms with E-state index in [2.05, 4.69) is 26.5 Å². The molecule has 1 saturated carbocycles. The zero-order valence-corrected chi connectivity index (χ0v) is 21.3. The van der Waals surface area contributed by atoms with E-state index < -0.39 is 0 Å². The number of rotatable bonds is 6. The van der Waals surface area contributed by atoms with Crippen molar-refractivity contribution in [2.75, 3.05) is 26.2 Å². The van der Waals surface area contributed by atoms with E-state index in [1.165, 1.54) is 5.56 Å². The Morgan fingerprint density at radius 2 is 1.91 bits per heavy atom. The highest BCUT2D eigenvalue weighted by molar-refractivity contribution is 5.95. The zero-order chi connectivity index (χ0) is 24.7. The van der Waals surface area contributed by atoms with E-state index in [-0.39, 0.29) is 29.2 Å². The molecule has 1 aliphatic carbocycles. The van der Waals surface area contributed by atoms with Gasteiger partial charge in [-0.15, -0.1) is 10.2 Å². The Hall–Kier alpha value is -2.74. The van der Waals surface area contributed by atoms with Gasteiger partial charge in [-0.25, -0.2) is 0 Å². The lowest BCUT2D eigenvalue weighted by atomic mass is 9.76. The molecule has 0 radical (unpaired) electrons. The minimum atomic E-state index is -0.0680. The minimum Gasteiger partial charge on any atom is -0.423 e. The zero-order valence-electron chi connectivity index (χ0n) is 21.3. The van der Waals surface area contributed by atoms with Crippen molar-refractivity contribution in [2.24, 2.45) is 5.41 Å². The topological polar surface area (TPSA) is 91.6 Å². The first-order valence-electron chi connectivity index (χ1n) is 13.0. The van der Waals surface area contributed by atoms with Crippen molar-refractivity contribution < 1.29 is 14.0 Å². The molecule has 8 heteroatoms. The Labute approximate surface area is 207 Å². The van der Waals surface area contributed by atoms with Gasteiger partial charge in [0.05, 0.1) is 12.6 Å². The Balaban J connectivity index is 1.30. The van der Waals surface area contributed by atoms with Crippen LogP contribution in [0.5, 0.6) is 0 Å². The maximum absolute atomic E-state index is 13.2. The normalized spacial score (nSPS) is 22.2. The third kappa shape index (κ3) is 5.13. The predicted molar refractivity (Wildman–Crippen MR) is 132 cm³/mol. The Kier molecular flexibility index (Phi) is 6.42. The summed E-state index contributed by atoms with van der Waals surface area (Å²) in [6.07, 6.45) is 4.84. The van der Waals surface area contributed by atoms with Gasteiger partial charge in [0.25, 0.3) is 5.91 Å². The Bertz CT molecular complexity index is 1100. The van der Waals surface area contributed by atoms with Gasteiger partial charge in [-0.2, -0.15) is 0 Å². The minimum absolute atomic E-state index is 0.0378. The van der Waals surface area contributed by atoms with Gasteiger partial charge in [-0.3, -0.25) is 14.5 Å². The highest BCUT2D eigenvalue weighted by Gasteiger charge is 2.49. The SMILES string of the molecule is Cc1ccc(C(=O)N2CCC3(CC2)CC(c2nnc(C(C)C)o2)N(CC(=O)NC2CC2)C3)c(C)c1. The van der Waals surface area contributed by atoms with Crippen LogP contribution < -0.4 is 5.32 Å². The Morgan fingerprint density at radius 1 is 1.17 bits per heavy atom. The molecular weight excluding hydrogens is 442 g/mol. The third-order valence-electron chi connectivity index (χ3n) is 7.85. The fourth-order valence-corrected chi connectivity index (χ4v) is 5.62. The van der Waals surface area contributed by atoms with Gasteiger partial charge in [-0.05, 0) is 63.0 Å². The summed E-state index contributed by atoms with van der Waals surface area (Å²) >= 11 is 0. The molecule has 2 aromatic rings. The third-order valence-corrected chi connectivity index (χ3v) is 7.85. The highest BCUT2D eigenvalue weighted by Crippen LogP contribution is 2.49. The summed E-state index contributed by atoms with van der Waals surface area (Å²) in [7, 11) is 0. The smallest absolute Gasteiger partial charge is 0.254 e. The van der Waals surface area contributed by atoms with Gasteiger partial charge in [0, 0.05) is 37.2 Å². The molecule has 2 aliphatic heterocycles. The van der Waals surface area contributed by atoms with Gasteiger partial charge >= 0.3 is 0 Å². The van der Waals surface area contributed by atoms with E-state index in [0.717, 1.165) is 62.9 Å². The number of hydrogen-bond acceptors (Lipinski definition) is 6. The van der Waals surface area contributed by atoms with Gasteiger partial charge in [0.1, 0.15) is 0 Å². The standard InChI is InChI=1S/C27H37N5O3/c1-17(2)24-29-30-25(35-24)22-14-27(16-32(22)15-23(33)28-20-6-7-20)9-11-31(12-10-27)26(34)21-8-5-18(3)13-19(21)4/h5,8,13,17,20,22H,6-7,9-12,14-16H2,1-4H3,(H,28,33). The van der Waals surface area contributed by atoms with Crippen molar-refractivity contribution in [1.82, 2.24) is 25.3 Å². The molecule has 1 unspecified atom stereocenters. The van der Waals surface area contributed by atoms with Crippen LogP contribution in [0.25, 0.3) is 0 Å². The molecule has 1 N–H and O–H groups in total. The number of hydrogen-bond donors (Lipinski definition) is 1. The van der Waals surface area contributed by atoms with E-state index in [4.69, 9.17) is 4.42 Å². The number of piperidine rings is 1. The number of aromatic nitrogens is 2. The van der Waals surface area contributed by atoms with Crippen LogP contribution in [-0.4, -0.2) is 64.0 Å². The van der Waals surface area contributed by atoms with Crippen LogP contribution >= 0.6 is 0 Å². The first kappa shape index (κ1) is 24.0. The van der Waals surface area contributed by atoms with E-state index in [1.807, 2.05) is 44.7 Å². The monoisotopic (exact) mass is 479 g/mol. The molecule has 2 amide bonds. The lowest BCUT2D eigenvalue weighted by Crippen LogP contribution is -2.45. The van der Waals surface area contributed by atoms with Crippen LogP contribution in [0.4, 0.5) is 0 Å². The molecule has 1 spiro atoms. The van der Waals surface area contributed by atoms with Crippen molar-refractivity contribution in [2.45, 2.75) is 77.8 Å². The molecule has 2 saturated heterocycles. The number of aryl methyl sites for hydroxylation is 2. The molecule has 35 heavy (non-hydrogen) atoms. The van der Waals surface area contributed by atoms with Crippen LogP contribution in [0.1, 0.15) is 91.2 Å². The lowest BCUT2D eigenvalue weighted by Gasteiger charge is -2.39. The number of carbonyl (C=O) groups is 2. The fourth-order valence-electron chi connectivity index (χ4n) is 5.62. The first-order chi connectivity index (χ1) is 16.7. The quantitative estimate of drug-likeness (QED) is 0.678. The van der Waals surface area contributed by atoms with Crippen LogP contribution in [0.2, 0.25) is 0 Å². The van der Waals surface area contributed by atoms with Crippen molar-refractivity contribution >= 4 is 11.8 Å². The summed E-state index contributed by atoms with van der Waals surface area (Å²) in [6.45, 7) is 10.7. The molecular formula is C27H37N5O3. The van der Waals surface area contributed by atoms with Crippen molar-refractivity contribution in [3.05, 3.63) is 46.7 Å². The molecule has 8 nitrogen and oxygen atoms in total. The molecule has 3 fully saturated rings. The van der Waals surface area contributed by atoms with E-state index in [9.17, 15) is 9.59 Å². The highest BCUT2D eigenvalue weighted by atomic mass is 16.4. The van der Waals surface area contributed by atoms with Gasteiger partial charge in [0.15, 0.2) is 0 Å². The number of amides is 2. The lowest BCUT2D eigenvalue weighted by molar-refractivity contribution is -0.122. The van der Waals surface area contributed by atoms with Gasteiger partial charge in [-0.1, -0.05) is 31.5 Å². The van der Waals surface area contributed by atoms with Crippen molar-refractivity contribution in [1.29, 1.82) is 0 Å². The first-order valence-corrected chi connectivity index (χ1v) is 13.0. The summed E-state index contributed by atoms with van der Waals surface area (Å²) in [5.74, 6) is 1.60. The van der Waals surface area contributed by atoms with Crippen molar-refractivity contribution in [3.8, 4) is 0 Å². The number of benzene rings is 1. The number of likely N-dealkylation sites (tertiary alicyclic amines) is 2. The molecule has 0 bridgehead atoms. The largest absolute Gasteiger partial charge is 0.423 e. The maximum Gasteiger partial charge on any atom is 0.254 e. The summed E-state index contributed by atoms with van der Waals surface area (Å²) in [5, 5.41) is 11.7. The number of nitrogens with zero attached hydrogens (tertiary/aromatic N) is 4. The van der Waals surface area contributed by atoms with E-state index >= 15 is 0 Å². The van der Waals surface area contributed by atoms with Gasteiger partial charge < -0.3 is 14.6 Å². The average Bonchev–Trinajstić information content (AvgIpc) is 3.35. The molecule has 5 rings (SSSR count). The summed E-state index contributed by atoms with van der Waals surface area (Å²) in [6, 6.07) is 6.30. The van der Waals surface area contributed by atoms with Crippen LogP contribution in [0, 0.1) is 19.3 Å². The molecule has 1 aromatic heterocycles. The number of nitrogens with one attached hydrogen (secondary N) is 1. The predicted octanol–water partition coefficient (Wildman–Crippen LogP) is 3.76. The number of carbonyl (C=O) groups excluding carboxylic acids is 2. The fraction of sp³-hybridized carbons (Fsp3) is 0.630. The molecule has 1 aromatic carbocycles. The maximum atomic E-state index is 13.2.